The first-order valence-electron chi connectivity index (χ1n) is 7.80. The van der Waals surface area contributed by atoms with Crippen molar-refractivity contribution in [2.24, 2.45) is 0 Å². The van der Waals surface area contributed by atoms with Crippen LogP contribution in [-0.4, -0.2) is 20.4 Å². The monoisotopic (exact) mass is 388 g/mol. The van der Waals surface area contributed by atoms with Crippen LogP contribution in [-0.2, 0) is 0 Å². The van der Waals surface area contributed by atoms with Crippen molar-refractivity contribution in [3.63, 3.8) is 0 Å². The van der Waals surface area contributed by atoms with Crippen LogP contribution < -0.4 is 11.1 Å². The van der Waals surface area contributed by atoms with Crippen LogP contribution in [0.4, 0.5) is 11.8 Å². The van der Waals surface area contributed by atoms with Gasteiger partial charge in [0.1, 0.15) is 0 Å². The second kappa shape index (κ2) is 6.51. The van der Waals surface area contributed by atoms with Crippen molar-refractivity contribution in [2.45, 2.75) is 13.0 Å². The van der Waals surface area contributed by atoms with Gasteiger partial charge in [0, 0.05) is 10.9 Å². The SMILES string of the molecule is C[C@@H](Nc1nnc(-c2ccc3[nH]nc(N)c3c2)o1)c1ccc(Cl)c(Cl)c1. The highest BCUT2D eigenvalue weighted by molar-refractivity contribution is 6.42. The van der Waals surface area contributed by atoms with E-state index in [4.69, 9.17) is 33.4 Å². The third-order valence-corrected chi connectivity index (χ3v) is 4.79. The van der Waals surface area contributed by atoms with Crippen LogP contribution in [0.3, 0.4) is 0 Å². The average molecular weight is 389 g/mol. The molecule has 0 unspecified atom stereocenters. The summed E-state index contributed by atoms with van der Waals surface area (Å²) in [6, 6.07) is 11.2. The fourth-order valence-electron chi connectivity index (χ4n) is 2.62. The number of H-pyrrole nitrogens is 1. The molecule has 1 atom stereocenters. The van der Waals surface area contributed by atoms with E-state index in [-0.39, 0.29) is 6.04 Å². The second-order valence-electron chi connectivity index (χ2n) is 5.82. The lowest BCUT2D eigenvalue weighted by Gasteiger charge is -2.12. The zero-order valence-corrected chi connectivity index (χ0v) is 15.1. The van der Waals surface area contributed by atoms with E-state index < -0.39 is 0 Å². The van der Waals surface area contributed by atoms with Crippen molar-refractivity contribution >= 4 is 45.9 Å². The maximum Gasteiger partial charge on any atom is 0.316 e. The molecule has 132 valence electrons. The summed E-state index contributed by atoms with van der Waals surface area (Å²) in [5.74, 6) is 0.810. The summed E-state index contributed by atoms with van der Waals surface area (Å²) < 4.78 is 5.72. The highest BCUT2D eigenvalue weighted by Gasteiger charge is 2.14. The lowest BCUT2D eigenvalue weighted by atomic mass is 10.1. The van der Waals surface area contributed by atoms with Crippen molar-refractivity contribution in [1.29, 1.82) is 0 Å². The van der Waals surface area contributed by atoms with E-state index in [1.165, 1.54) is 0 Å². The minimum atomic E-state index is -0.0925. The van der Waals surface area contributed by atoms with Gasteiger partial charge in [0.2, 0.25) is 5.89 Å². The normalized spacial score (nSPS) is 12.4. The molecule has 7 nitrogen and oxygen atoms in total. The molecule has 4 rings (SSSR count). The molecule has 0 bridgehead atoms. The molecule has 0 saturated heterocycles. The largest absolute Gasteiger partial charge is 0.403 e. The molecule has 2 heterocycles. The predicted octanol–water partition coefficient (Wildman–Crippen LogP) is 4.68. The maximum absolute atomic E-state index is 6.07. The van der Waals surface area contributed by atoms with E-state index in [0.29, 0.717) is 27.8 Å². The Kier molecular flexibility index (Phi) is 4.18. The zero-order chi connectivity index (χ0) is 18.3. The minimum absolute atomic E-state index is 0.0925. The molecule has 0 aliphatic carbocycles. The smallest absolute Gasteiger partial charge is 0.316 e. The molecule has 2 aromatic carbocycles. The fourth-order valence-corrected chi connectivity index (χ4v) is 2.92. The van der Waals surface area contributed by atoms with Crippen LogP contribution in [0.1, 0.15) is 18.5 Å². The topological polar surface area (TPSA) is 106 Å². The number of hydrogen-bond acceptors (Lipinski definition) is 6. The molecule has 9 heteroatoms. The van der Waals surface area contributed by atoms with Gasteiger partial charge in [0.15, 0.2) is 5.82 Å². The van der Waals surface area contributed by atoms with E-state index in [2.05, 4.69) is 25.7 Å². The molecule has 4 N–H and O–H groups in total. The molecule has 2 aromatic heterocycles. The molecular formula is C17H14Cl2N6O. The molecule has 0 aliphatic rings. The Bertz CT molecular complexity index is 1090. The molecule has 0 amide bonds. The summed E-state index contributed by atoms with van der Waals surface area (Å²) in [6.45, 7) is 1.96. The van der Waals surface area contributed by atoms with Crippen LogP contribution in [0, 0.1) is 0 Å². The van der Waals surface area contributed by atoms with Gasteiger partial charge in [0.05, 0.1) is 21.6 Å². The van der Waals surface area contributed by atoms with Crippen LogP contribution in [0.5, 0.6) is 0 Å². The standard InChI is InChI=1S/C17H14Cl2N6O/c1-8(9-2-4-12(18)13(19)7-9)21-17-25-24-16(26-17)10-3-5-14-11(6-10)15(20)23-22-14/h2-8H,1H3,(H,21,25)(H3,20,22,23)/t8-/m1/s1. The van der Waals surface area contributed by atoms with Crippen molar-refractivity contribution in [1.82, 2.24) is 20.4 Å². The van der Waals surface area contributed by atoms with Crippen LogP contribution in [0.2, 0.25) is 10.0 Å². The Morgan fingerprint density at radius 1 is 1.12 bits per heavy atom. The van der Waals surface area contributed by atoms with Gasteiger partial charge >= 0.3 is 6.01 Å². The molecule has 0 saturated carbocycles. The third kappa shape index (κ3) is 3.07. The van der Waals surface area contributed by atoms with Gasteiger partial charge in [-0.2, -0.15) is 5.10 Å². The number of aromatic nitrogens is 4. The lowest BCUT2D eigenvalue weighted by molar-refractivity contribution is 0.573. The molecule has 4 aromatic rings. The number of fused-ring (bicyclic) bond motifs is 1. The first kappa shape index (κ1) is 16.7. The van der Waals surface area contributed by atoms with Gasteiger partial charge in [-0.25, -0.2) is 0 Å². The fraction of sp³-hybridized carbons (Fsp3) is 0.118. The summed E-state index contributed by atoms with van der Waals surface area (Å²) in [7, 11) is 0. The number of benzene rings is 2. The summed E-state index contributed by atoms with van der Waals surface area (Å²) in [5, 5.41) is 19.9. The summed E-state index contributed by atoms with van der Waals surface area (Å²) >= 11 is 12.0. The van der Waals surface area contributed by atoms with Crippen LogP contribution in [0.15, 0.2) is 40.8 Å². The first-order valence-corrected chi connectivity index (χ1v) is 8.56. The number of nitrogens with two attached hydrogens (primary N) is 1. The highest BCUT2D eigenvalue weighted by atomic mass is 35.5. The van der Waals surface area contributed by atoms with Gasteiger partial charge in [-0.05, 0) is 42.8 Å². The van der Waals surface area contributed by atoms with Gasteiger partial charge in [0.25, 0.3) is 0 Å². The van der Waals surface area contributed by atoms with Crippen molar-refractivity contribution < 1.29 is 4.42 Å². The van der Waals surface area contributed by atoms with Gasteiger partial charge in [-0.1, -0.05) is 34.4 Å². The highest BCUT2D eigenvalue weighted by Crippen LogP contribution is 2.29. The molecular weight excluding hydrogens is 375 g/mol. The van der Waals surface area contributed by atoms with E-state index in [9.17, 15) is 0 Å². The lowest BCUT2D eigenvalue weighted by Crippen LogP contribution is -2.06. The van der Waals surface area contributed by atoms with Crippen LogP contribution in [0.25, 0.3) is 22.4 Å². The Hall–Kier alpha value is -2.77. The number of nitrogens with one attached hydrogen (secondary N) is 2. The average Bonchev–Trinajstić information content (AvgIpc) is 3.24. The van der Waals surface area contributed by atoms with E-state index in [0.717, 1.165) is 22.0 Å². The minimum Gasteiger partial charge on any atom is -0.403 e. The molecule has 26 heavy (non-hydrogen) atoms. The molecule has 0 fully saturated rings. The number of halogens is 2. The van der Waals surface area contributed by atoms with Gasteiger partial charge in [-0.3, -0.25) is 5.10 Å². The third-order valence-electron chi connectivity index (χ3n) is 4.05. The summed E-state index contributed by atoms with van der Waals surface area (Å²) in [6.07, 6.45) is 0. The summed E-state index contributed by atoms with van der Waals surface area (Å²) in [5.41, 5.74) is 8.39. The predicted molar refractivity (Wildman–Crippen MR) is 102 cm³/mol. The Morgan fingerprint density at radius 3 is 2.77 bits per heavy atom. The van der Waals surface area contributed by atoms with Crippen molar-refractivity contribution in [3.05, 3.63) is 52.0 Å². The number of rotatable bonds is 4. The number of nitrogens with zero attached hydrogens (tertiary/aromatic N) is 3. The number of hydrogen-bond donors (Lipinski definition) is 3. The van der Waals surface area contributed by atoms with Gasteiger partial charge < -0.3 is 15.5 Å². The molecule has 0 aliphatic heterocycles. The van der Waals surface area contributed by atoms with Crippen molar-refractivity contribution in [3.8, 4) is 11.5 Å². The number of aromatic amines is 1. The summed E-state index contributed by atoms with van der Waals surface area (Å²) in [4.78, 5) is 0. The van der Waals surface area contributed by atoms with E-state index in [1.54, 1.807) is 12.1 Å². The molecule has 0 radical (unpaired) electrons. The first-order chi connectivity index (χ1) is 12.5. The second-order valence-corrected chi connectivity index (χ2v) is 6.64. The Labute approximate surface area is 158 Å². The van der Waals surface area contributed by atoms with Crippen molar-refractivity contribution in [2.75, 3.05) is 11.1 Å². The van der Waals surface area contributed by atoms with Crippen LogP contribution >= 0.6 is 23.2 Å². The number of anilines is 2. The Balaban J connectivity index is 1.56. The van der Waals surface area contributed by atoms with E-state index >= 15 is 0 Å². The van der Waals surface area contributed by atoms with Gasteiger partial charge in [-0.15, -0.1) is 5.10 Å². The number of nitrogen functional groups attached to an aromatic ring is 1. The molecule has 0 spiro atoms. The quantitative estimate of drug-likeness (QED) is 0.468. The Morgan fingerprint density at radius 2 is 1.96 bits per heavy atom. The zero-order valence-electron chi connectivity index (χ0n) is 13.6. The maximum atomic E-state index is 6.07. The van der Waals surface area contributed by atoms with E-state index in [1.807, 2.05) is 31.2 Å².